The Balaban J connectivity index is 1.57. The summed E-state index contributed by atoms with van der Waals surface area (Å²) in [5.41, 5.74) is 0.0100. The zero-order valence-electron chi connectivity index (χ0n) is 11.8. The van der Waals surface area contributed by atoms with Crippen LogP contribution < -0.4 is 0 Å². The molecule has 2 saturated heterocycles. The first kappa shape index (κ1) is 13.6. The van der Waals surface area contributed by atoms with Gasteiger partial charge in [0, 0.05) is 56.9 Å². The summed E-state index contributed by atoms with van der Waals surface area (Å²) in [6.45, 7) is 4.30. The predicted molar refractivity (Wildman–Crippen MR) is 72.0 cm³/mol. The molecule has 0 aliphatic carbocycles. The first-order chi connectivity index (χ1) is 9.73. The SMILES string of the molecule is COC[C@@]12COC[C@@H]1CN(C(=O)CCn1cccn1)C2. The fraction of sp³-hybridized carbons (Fsp3) is 0.714. The van der Waals surface area contributed by atoms with E-state index in [1.165, 1.54) is 0 Å². The van der Waals surface area contributed by atoms with Gasteiger partial charge >= 0.3 is 0 Å². The van der Waals surface area contributed by atoms with Crippen molar-refractivity contribution in [3.05, 3.63) is 18.5 Å². The van der Waals surface area contributed by atoms with Gasteiger partial charge in [0.25, 0.3) is 0 Å². The van der Waals surface area contributed by atoms with Gasteiger partial charge in [0.2, 0.25) is 5.91 Å². The van der Waals surface area contributed by atoms with E-state index in [-0.39, 0.29) is 11.3 Å². The Morgan fingerprint density at radius 2 is 2.50 bits per heavy atom. The quantitative estimate of drug-likeness (QED) is 0.782. The lowest BCUT2D eigenvalue weighted by atomic mass is 9.82. The summed E-state index contributed by atoms with van der Waals surface area (Å²) >= 11 is 0. The second-order valence-corrected chi connectivity index (χ2v) is 5.80. The van der Waals surface area contributed by atoms with Crippen molar-refractivity contribution in [3.8, 4) is 0 Å². The monoisotopic (exact) mass is 279 g/mol. The van der Waals surface area contributed by atoms with Crippen LogP contribution in [0.1, 0.15) is 6.42 Å². The zero-order valence-corrected chi connectivity index (χ0v) is 11.8. The Bertz CT molecular complexity index is 462. The van der Waals surface area contributed by atoms with Crippen LogP contribution in [-0.4, -0.2) is 60.6 Å². The number of hydrogen-bond acceptors (Lipinski definition) is 4. The lowest BCUT2D eigenvalue weighted by Crippen LogP contribution is -2.37. The highest BCUT2D eigenvalue weighted by Crippen LogP contribution is 2.41. The van der Waals surface area contributed by atoms with Crippen LogP contribution in [0.15, 0.2) is 18.5 Å². The topological polar surface area (TPSA) is 56.6 Å². The van der Waals surface area contributed by atoms with E-state index >= 15 is 0 Å². The Hall–Kier alpha value is -1.40. The summed E-state index contributed by atoms with van der Waals surface area (Å²) < 4.78 is 12.7. The second kappa shape index (κ2) is 5.54. The minimum atomic E-state index is 0.0100. The van der Waals surface area contributed by atoms with Crippen molar-refractivity contribution in [1.29, 1.82) is 0 Å². The number of likely N-dealkylation sites (tertiary alicyclic amines) is 1. The van der Waals surface area contributed by atoms with Gasteiger partial charge in [-0.3, -0.25) is 9.48 Å². The third-order valence-electron chi connectivity index (χ3n) is 4.42. The number of hydrogen-bond donors (Lipinski definition) is 0. The van der Waals surface area contributed by atoms with Crippen LogP contribution in [0.2, 0.25) is 0 Å². The molecule has 110 valence electrons. The smallest absolute Gasteiger partial charge is 0.224 e. The molecular formula is C14H21N3O3. The molecule has 0 radical (unpaired) electrons. The number of aromatic nitrogens is 2. The van der Waals surface area contributed by atoms with E-state index < -0.39 is 0 Å². The van der Waals surface area contributed by atoms with E-state index in [9.17, 15) is 4.79 Å². The molecule has 0 spiro atoms. The fourth-order valence-electron chi connectivity index (χ4n) is 3.31. The van der Waals surface area contributed by atoms with Crippen LogP contribution >= 0.6 is 0 Å². The number of amides is 1. The van der Waals surface area contributed by atoms with Crippen molar-refractivity contribution in [2.24, 2.45) is 11.3 Å². The highest BCUT2D eigenvalue weighted by Gasteiger charge is 2.51. The van der Waals surface area contributed by atoms with Crippen molar-refractivity contribution in [2.45, 2.75) is 13.0 Å². The first-order valence-corrected chi connectivity index (χ1v) is 7.05. The largest absolute Gasteiger partial charge is 0.384 e. The summed E-state index contributed by atoms with van der Waals surface area (Å²) in [6.07, 6.45) is 4.11. The van der Waals surface area contributed by atoms with E-state index in [4.69, 9.17) is 9.47 Å². The van der Waals surface area contributed by atoms with Gasteiger partial charge in [-0.15, -0.1) is 0 Å². The average Bonchev–Trinajstić information content (AvgIpc) is 3.10. The summed E-state index contributed by atoms with van der Waals surface area (Å²) in [6, 6.07) is 1.87. The van der Waals surface area contributed by atoms with Crippen LogP contribution in [0.5, 0.6) is 0 Å². The number of carbonyl (C=O) groups is 1. The van der Waals surface area contributed by atoms with Gasteiger partial charge in [0.15, 0.2) is 0 Å². The standard InChI is InChI=1S/C14H21N3O3/c1-19-10-14-9-16(7-12(14)8-20-11-14)13(18)3-6-17-5-2-4-15-17/h2,4-5,12H,3,6-11H2,1H3/t12-,14-/m0/s1. The van der Waals surface area contributed by atoms with E-state index in [1.807, 2.05) is 17.2 Å². The first-order valence-electron chi connectivity index (χ1n) is 7.05. The molecule has 1 aromatic rings. The third kappa shape index (κ3) is 2.45. The molecule has 1 aromatic heterocycles. The third-order valence-corrected chi connectivity index (χ3v) is 4.42. The van der Waals surface area contributed by atoms with E-state index in [0.717, 1.165) is 19.7 Å². The molecule has 0 bridgehead atoms. The van der Waals surface area contributed by atoms with Crippen LogP contribution in [0, 0.1) is 11.3 Å². The molecule has 2 aliphatic heterocycles. The molecule has 6 nitrogen and oxygen atoms in total. The fourth-order valence-corrected chi connectivity index (χ4v) is 3.31. The van der Waals surface area contributed by atoms with E-state index in [2.05, 4.69) is 5.10 Å². The minimum absolute atomic E-state index is 0.0100. The number of ether oxygens (including phenoxy) is 2. The molecule has 2 atom stereocenters. The lowest BCUT2D eigenvalue weighted by molar-refractivity contribution is -0.131. The molecule has 20 heavy (non-hydrogen) atoms. The van der Waals surface area contributed by atoms with Crippen molar-refractivity contribution >= 4 is 5.91 Å². The molecule has 0 aromatic carbocycles. The summed E-state index contributed by atoms with van der Waals surface area (Å²) in [5, 5.41) is 4.12. The maximum absolute atomic E-state index is 12.3. The highest BCUT2D eigenvalue weighted by molar-refractivity contribution is 5.76. The Kier molecular flexibility index (Phi) is 3.76. The predicted octanol–water partition coefficient (Wildman–Crippen LogP) is 0.395. The number of carbonyl (C=O) groups excluding carboxylic acids is 1. The van der Waals surface area contributed by atoms with Crippen molar-refractivity contribution in [2.75, 3.05) is 40.0 Å². The van der Waals surface area contributed by atoms with Crippen LogP contribution in [0.4, 0.5) is 0 Å². The lowest BCUT2D eigenvalue weighted by Gasteiger charge is -2.26. The molecule has 3 rings (SSSR count). The summed E-state index contributed by atoms with van der Waals surface area (Å²) in [7, 11) is 1.71. The van der Waals surface area contributed by atoms with Crippen LogP contribution in [0.3, 0.4) is 0 Å². The molecule has 6 heteroatoms. The second-order valence-electron chi connectivity index (χ2n) is 5.80. The van der Waals surface area contributed by atoms with Gasteiger partial charge in [-0.2, -0.15) is 5.10 Å². The average molecular weight is 279 g/mol. The number of aryl methyl sites for hydroxylation is 1. The molecule has 2 aliphatic rings. The molecule has 3 heterocycles. The van der Waals surface area contributed by atoms with Gasteiger partial charge in [-0.1, -0.05) is 0 Å². The highest BCUT2D eigenvalue weighted by atomic mass is 16.5. The van der Waals surface area contributed by atoms with Crippen LogP contribution in [0.25, 0.3) is 0 Å². The zero-order chi connectivity index (χ0) is 14.0. The number of methoxy groups -OCH3 is 1. The van der Waals surface area contributed by atoms with Crippen LogP contribution in [-0.2, 0) is 20.8 Å². The maximum Gasteiger partial charge on any atom is 0.224 e. The number of nitrogens with zero attached hydrogens (tertiary/aromatic N) is 3. The van der Waals surface area contributed by atoms with Gasteiger partial charge in [0.1, 0.15) is 0 Å². The van der Waals surface area contributed by atoms with Crippen molar-refractivity contribution in [1.82, 2.24) is 14.7 Å². The number of rotatable bonds is 5. The molecule has 0 unspecified atom stereocenters. The molecule has 0 N–H and O–H groups in total. The normalized spacial score (nSPS) is 28.9. The summed E-state index contributed by atoms with van der Waals surface area (Å²) in [4.78, 5) is 14.3. The molecular weight excluding hydrogens is 258 g/mol. The Labute approximate surface area is 118 Å². The van der Waals surface area contributed by atoms with Gasteiger partial charge < -0.3 is 14.4 Å². The van der Waals surface area contributed by atoms with Gasteiger partial charge in [0.05, 0.1) is 19.8 Å². The van der Waals surface area contributed by atoms with Crippen molar-refractivity contribution in [3.63, 3.8) is 0 Å². The molecule has 0 saturated carbocycles. The van der Waals surface area contributed by atoms with Gasteiger partial charge in [-0.25, -0.2) is 0 Å². The van der Waals surface area contributed by atoms with E-state index in [0.29, 0.717) is 32.1 Å². The molecule has 2 fully saturated rings. The van der Waals surface area contributed by atoms with E-state index in [1.54, 1.807) is 18.0 Å². The Morgan fingerprint density at radius 3 is 3.25 bits per heavy atom. The summed E-state index contributed by atoms with van der Waals surface area (Å²) in [5.74, 6) is 0.612. The number of fused-ring (bicyclic) bond motifs is 1. The molecule has 1 amide bonds. The Morgan fingerprint density at radius 1 is 1.60 bits per heavy atom. The van der Waals surface area contributed by atoms with Gasteiger partial charge in [-0.05, 0) is 6.07 Å². The minimum Gasteiger partial charge on any atom is -0.384 e. The van der Waals surface area contributed by atoms with Crippen molar-refractivity contribution < 1.29 is 14.3 Å². The maximum atomic E-state index is 12.3.